The maximum atomic E-state index is 13.7. The monoisotopic (exact) mass is 602 g/mol. The predicted octanol–water partition coefficient (Wildman–Crippen LogP) is 3.40. The first-order chi connectivity index (χ1) is 20.0. The second-order valence-corrected chi connectivity index (χ2v) is 15.1. The topological polar surface area (TPSA) is 133 Å². The third-order valence-corrected chi connectivity index (χ3v) is 10.5. The molecule has 2 fully saturated rings. The van der Waals surface area contributed by atoms with E-state index in [4.69, 9.17) is 6.42 Å². The van der Waals surface area contributed by atoms with Crippen LogP contribution in [0, 0.1) is 36.0 Å². The van der Waals surface area contributed by atoms with Crippen LogP contribution in [0.4, 0.5) is 0 Å². The fourth-order valence-electron chi connectivity index (χ4n) is 6.07. The van der Waals surface area contributed by atoms with E-state index >= 15 is 0 Å². The Kier molecular flexibility index (Phi) is 13.3. The Hall–Kier alpha value is -2.41. The van der Waals surface area contributed by atoms with E-state index in [-0.39, 0.29) is 30.3 Å². The van der Waals surface area contributed by atoms with E-state index in [1.807, 2.05) is 44.2 Å². The molecule has 0 saturated heterocycles. The maximum Gasteiger partial charge on any atom is 0.242 e. The molecular formula is C33H50N2O6S. The second kappa shape index (κ2) is 16.4. The molecule has 0 unspecified atom stereocenters. The summed E-state index contributed by atoms with van der Waals surface area (Å²) in [6.45, 7) is 3.66. The van der Waals surface area contributed by atoms with Gasteiger partial charge >= 0.3 is 0 Å². The van der Waals surface area contributed by atoms with Gasteiger partial charge in [-0.2, -0.15) is 0 Å². The van der Waals surface area contributed by atoms with Crippen LogP contribution in [0.15, 0.2) is 30.3 Å². The van der Waals surface area contributed by atoms with Crippen LogP contribution in [0.25, 0.3) is 0 Å². The SMILES string of the molecule is C#CC[C@H](O)[C@H](O)[C@H](CC1CCCCC1)NC(=O)[C@@H](CC1CC1)NC(=O)[C@@H](Cc1ccccc1)CS(=O)(=O)CC(C)C. The van der Waals surface area contributed by atoms with Gasteiger partial charge in [-0.1, -0.05) is 89.1 Å². The van der Waals surface area contributed by atoms with Gasteiger partial charge in [0.15, 0.2) is 9.84 Å². The fraction of sp³-hybridized carbons (Fsp3) is 0.697. The molecule has 0 bridgehead atoms. The van der Waals surface area contributed by atoms with Crippen molar-refractivity contribution in [3.8, 4) is 12.3 Å². The Morgan fingerprint density at radius 1 is 0.929 bits per heavy atom. The van der Waals surface area contributed by atoms with Crippen molar-refractivity contribution >= 4 is 21.7 Å². The van der Waals surface area contributed by atoms with Crippen LogP contribution in [-0.4, -0.2) is 66.2 Å². The van der Waals surface area contributed by atoms with Crippen LogP contribution in [0.5, 0.6) is 0 Å². The summed E-state index contributed by atoms with van der Waals surface area (Å²) in [5.41, 5.74) is 0.846. The van der Waals surface area contributed by atoms with Gasteiger partial charge < -0.3 is 20.8 Å². The van der Waals surface area contributed by atoms with E-state index in [2.05, 4.69) is 16.6 Å². The molecule has 234 valence electrons. The number of amides is 2. The summed E-state index contributed by atoms with van der Waals surface area (Å²) in [5.74, 6) is 0.857. The lowest BCUT2D eigenvalue weighted by Gasteiger charge is -2.33. The number of nitrogens with one attached hydrogen (secondary N) is 2. The molecule has 9 heteroatoms. The van der Waals surface area contributed by atoms with Gasteiger partial charge in [0.2, 0.25) is 11.8 Å². The smallest absolute Gasteiger partial charge is 0.242 e. The first-order valence-corrected chi connectivity index (χ1v) is 17.4. The largest absolute Gasteiger partial charge is 0.389 e. The highest BCUT2D eigenvalue weighted by molar-refractivity contribution is 7.91. The molecule has 0 aromatic heterocycles. The maximum absolute atomic E-state index is 13.7. The minimum atomic E-state index is -3.51. The number of benzene rings is 1. The van der Waals surface area contributed by atoms with Crippen LogP contribution in [0.1, 0.15) is 83.6 Å². The molecule has 1 aromatic carbocycles. The zero-order valence-electron chi connectivity index (χ0n) is 25.2. The van der Waals surface area contributed by atoms with Crippen molar-refractivity contribution in [3.05, 3.63) is 35.9 Å². The van der Waals surface area contributed by atoms with E-state index in [1.165, 1.54) is 6.42 Å². The van der Waals surface area contributed by atoms with Crippen LogP contribution >= 0.6 is 0 Å². The number of aliphatic hydroxyl groups excluding tert-OH is 2. The zero-order valence-corrected chi connectivity index (χ0v) is 26.0. The Bertz CT molecular complexity index is 1140. The van der Waals surface area contributed by atoms with Crippen molar-refractivity contribution in [2.75, 3.05) is 11.5 Å². The lowest BCUT2D eigenvalue weighted by atomic mass is 9.82. The molecule has 5 atom stereocenters. The summed E-state index contributed by atoms with van der Waals surface area (Å²) in [4.78, 5) is 27.4. The molecule has 4 N–H and O–H groups in total. The number of carbonyl (C=O) groups is 2. The third kappa shape index (κ3) is 11.7. The number of rotatable bonds is 17. The number of hydrogen-bond donors (Lipinski definition) is 4. The molecule has 1 aromatic rings. The molecule has 0 aliphatic heterocycles. The molecule has 2 amide bonds. The summed E-state index contributed by atoms with van der Waals surface area (Å²) in [5, 5.41) is 27.3. The third-order valence-electron chi connectivity index (χ3n) is 8.41. The van der Waals surface area contributed by atoms with Crippen LogP contribution in [0.2, 0.25) is 0 Å². The number of sulfone groups is 1. The molecule has 2 aliphatic carbocycles. The summed E-state index contributed by atoms with van der Waals surface area (Å²) < 4.78 is 25.9. The highest BCUT2D eigenvalue weighted by Gasteiger charge is 2.36. The Morgan fingerprint density at radius 3 is 2.17 bits per heavy atom. The van der Waals surface area contributed by atoms with Gasteiger partial charge in [0, 0.05) is 6.42 Å². The summed E-state index contributed by atoms with van der Waals surface area (Å²) >= 11 is 0. The minimum absolute atomic E-state index is 0.0156. The Morgan fingerprint density at radius 2 is 1.57 bits per heavy atom. The van der Waals surface area contributed by atoms with Crippen molar-refractivity contribution in [3.63, 3.8) is 0 Å². The number of terminal acetylenes is 1. The van der Waals surface area contributed by atoms with Crippen molar-refractivity contribution in [2.45, 2.75) is 109 Å². The number of carbonyl (C=O) groups excluding carboxylic acids is 2. The van der Waals surface area contributed by atoms with Gasteiger partial charge in [-0.3, -0.25) is 9.59 Å². The van der Waals surface area contributed by atoms with Gasteiger partial charge in [-0.25, -0.2) is 8.42 Å². The van der Waals surface area contributed by atoms with Crippen molar-refractivity contribution in [1.82, 2.24) is 10.6 Å². The summed E-state index contributed by atoms with van der Waals surface area (Å²) in [7, 11) is -3.51. The predicted molar refractivity (Wildman–Crippen MR) is 165 cm³/mol. The van der Waals surface area contributed by atoms with Crippen molar-refractivity contribution < 1.29 is 28.2 Å². The lowest BCUT2D eigenvalue weighted by molar-refractivity contribution is -0.132. The van der Waals surface area contributed by atoms with Gasteiger partial charge in [-0.15, -0.1) is 12.3 Å². The lowest BCUT2D eigenvalue weighted by Crippen LogP contribution is -2.56. The normalized spacial score (nSPS) is 19.7. The molecule has 0 heterocycles. The summed E-state index contributed by atoms with van der Waals surface area (Å²) in [6, 6.07) is 7.70. The van der Waals surface area contributed by atoms with Crippen LogP contribution in [0.3, 0.4) is 0 Å². The highest BCUT2D eigenvalue weighted by atomic mass is 32.2. The Balaban J connectivity index is 1.78. The summed E-state index contributed by atoms with van der Waals surface area (Å²) in [6.07, 6.45) is 11.4. The van der Waals surface area contributed by atoms with E-state index < -0.39 is 51.9 Å². The molecule has 42 heavy (non-hydrogen) atoms. The average molecular weight is 603 g/mol. The molecule has 2 saturated carbocycles. The quantitative estimate of drug-likeness (QED) is 0.202. The minimum Gasteiger partial charge on any atom is -0.389 e. The van der Waals surface area contributed by atoms with E-state index in [0.717, 1.165) is 44.1 Å². The second-order valence-electron chi connectivity index (χ2n) is 12.9. The zero-order chi connectivity index (χ0) is 30.7. The molecule has 0 radical (unpaired) electrons. The van der Waals surface area contributed by atoms with E-state index in [1.54, 1.807) is 0 Å². The van der Waals surface area contributed by atoms with E-state index in [9.17, 15) is 28.2 Å². The van der Waals surface area contributed by atoms with Gasteiger partial charge in [0.25, 0.3) is 0 Å². The standard InChI is InChI=1S/C33H50N2O6S/c1-4-11-30(36)31(37)28(19-25-14-9-6-10-15-25)34-33(39)29(20-26-16-17-26)35-32(38)27(18-24-12-7-5-8-13-24)22-42(40,41)21-23(2)3/h1,5,7-8,12-13,23,25-31,36-37H,6,9-11,14-22H2,2-3H3,(H,34,39)(H,35,38)/t27-,28-,29+,30-,31+/m0/s1. The van der Waals surface area contributed by atoms with Crippen molar-refractivity contribution in [2.24, 2.45) is 23.7 Å². The molecular weight excluding hydrogens is 552 g/mol. The molecule has 0 spiro atoms. The first kappa shape index (κ1) is 34.1. The van der Waals surface area contributed by atoms with Gasteiger partial charge in [0.05, 0.1) is 29.6 Å². The molecule has 8 nitrogen and oxygen atoms in total. The molecule has 3 rings (SSSR count). The molecule has 2 aliphatic rings. The first-order valence-electron chi connectivity index (χ1n) is 15.6. The highest BCUT2D eigenvalue weighted by Crippen LogP contribution is 2.34. The Labute approximate surface area is 252 Å². The number of aliphatic hydroxyl groups is 2. The van der Waals surface area contributed by atoms with Crippen LogP contribution in [-0.2, 0) is 25.8 Å². The van der Waals surface area contributed by atoms with Gasteiger partial charge in [0.1, 0.15) is 12.1 Å². The average Bonchev–Trinajstić information content (AvgIpc) is 3.76. The van der Waals surface area contributed by atoms with Crippen molar-refractivity contribution in [1.29, 1.82) is 0 Å². The van der Waals surface area contributed by atoms with Gasteiger partial charge in [-0.05, 0) is 42.6 Å². The number of hydrogen-bond acceptors (Lipinski definition) is 6. The van der Waals surface area contributed by atoms with E-state index in [0.29, 0.717) is 24.7 Å². The van der Waals surface area contributed by atoms with Crippen LogP contribution < -0.4 is 10.6 Å². The fourth-order valence-corrected chi connectivity index (χ4v) is 8.11.